The van der Waals surface area contributed by atoms with Crippen molar-refractivity contribution in [3.63, 3.8) is 0 Å². The van der Waals surface area contributed by atoms with Crippen molar-refractivity contribution in [3.05, 3.63) is 54.6 Å². The molecule has 0 N–H and O–H groups in total. The third kappa shape index (κ3) is 6.13. The van der Waals surface area contributed by atoms with Crippen molar-refractivity contribution >= 4 is 0 Å². The van der Waals surface area contributed by atoms with E-state index in [-0.39, 0.29) is 0 Å². The highest BCUT2D eigenvalue weighted by Crippen LogP contribution is 2.02. The maximum absolute atomic E-state index is 2.30. The van der Waals surface area contributed by atoms with Gasteiger partial charge in [0, 0.05) is 0 Å². The Morgan fingerprint density at radius 1 is 1.00 bits per heavy atom. The van der Waals surface area contributed by atoms with E-state index in [4.69, 9.17) is 0 Å². The minimum Gasteiger partial charge on any atom is -0.331 e. The number of quaternary nitrogens is 1. The lowest BCUT2D eigenvalue weighted by Gasteiger charge is -2.23. The van der Waals surface area contributed by atoms with E-state index in [1.165, 1.54) is 31.4 Å². The maximum atomic E-state index is 2.30. The Bertz CT molecular complexity index is 523. The largest absolute Gasteiger partial charge is 0.331 e. The van der Waals surface area contributed by atoms with Crippen LogP contribution < -0.4 is 4.57 Å². The van der Waals surface area contributed by atoms with Crippen LogP contribution in [0.25, 0.3) is 0 Å². The van der Waals surface area contributed by atoms with Crippen molar-refractivity contribution in [2.75, 3.05) is 27.7 Å². The van der Waals surface area contributed by atoms with Gasteiger partial charge in [-0.2, -0.15) is 0 Å². The Kier molecular flexibility index (Phi) is 5.57. The summed E-state index contributed by atoms with van der Waals surface area (Å²) in [5.41, 5.74) is 1.35. The first-order valence-corrected chi connectivity index (χ1v) is 7.92. The zero-order chi connectivity index (χ0) is 15.1. The minimum absolute atomic E-state index is 0.954. The molecule has 0 atom stereocenters. The van der Waals surface area contributed by atoms with Gasteiger partial charge in [0.2, 0.25) is 6.33 Å². The maximum Gasteiger partial charge on any atom is 0.244 e. The van der Waals surface area contributed by atoms with E-state index in [0.29, 0.717) is 0 Å². The summed E-state index contributed by atoms with van der Waals surface area (Å²) in [5.74, 6) is 0. The molecule has 2 rings (SSSR count). The number of aromatic nitrogens is 2. The molecule has 0 fully saturated rings. The summed E-state index contributed by atoms with van der Waals surface area (Å²) in [7, 11) is 6.79. The van der Waals surface area contributed by atoms with Crippen molar-refractivity contribution in [2.24, 2.45) is 0 Å². The normalized spacial score (nSPS) is 11.8. The lowest BCUT2D eigenvalue weighted by molar-refractivity contribution is -0.870. The third-order valence-electron chi connectivity index (χ3n) is 3.70. The molecule has 0 aliphatic carbocycles. The van der Waals surface area contributed by atoms with Gasteiger partial charge in [-0.1, -0.05) is 30.3 Å². The Morgan fingerprint density at radius 3 is 2.48 bits per heavy atom. The predicted octanol–water partition coefficient (Wildman–Crippen LogP) is 2.70. The number of unbranched alkanes of at least 4 members (excludes halogenated alkanes) is 2. The molecule has 2 aromatic rings. The average Bonchev–Trinajstić information content (AvgIpc) is 2.86. The molecule has 0 aliphatic rings. The van der Waals surface area contributed by atoms with Gasteiger partial charge in [-0.3, -0.25) is 0 Å². The number of rotatable bonds is 8. The van der Waals surface area contributed by atoms with E-state index < -0.39 is 0 Å². The second kappa shape index (κ2) is 7.41. The first-order valence-electron chi connectivity index (χ1n) is 7.92. The number of nitrogens with zero attached hydrogens (tertiary/aromatic N) is 3. The zero-order valence-corrected chi connectivity index (χ0v) is 13.7. The predicted molar refractivity (Wildman–Crippen MR) is 86.9 cm³/mol. The quantitative estimate of drug-likeness (QED) is 0.401. The van der Waals surface area contributed by atoms with Crippen molar-refractivity contribution < 1.29 is 9.05 Å². The molecule has 21 heavy (non-hydrogen) atoms. The molecule has 1 aromatic heterocycles. The zero-order valence-electron chi connectivity index (χ0n) is 13.7. The molecule has 114 valence electrons. The van der Waals surface area contributed by atoms with Gasteiger partial charge in [0.05, 0.1) is 34.2 Å². The number of benzene rings is 1. The van der Waals surface area contributed by atoms with Crippen LogP contribution in [0, 0.1) is 0 Å². The molecule has 3 heteroatoms. The third-order valence-corrected chi connectivity index (χ3v) is 3.70. The van der Waals surface area contributed by atoms with E-state index in [1.54, 1.807) is 0 Å². The van der Waals surface area contributed by atoms with Crippen molar-refractivity contribution in [3.8, 4) is 0 Å². The standard InChI is InChI=1S/C18H29N3/c1-21(2,3)15-9-5-8-12-19-13-14-20(17-19)16-18-10-6-4-7-11-18/h4,6-7,10-11,13-14,17H,5,8-9,12,15-16H2,1-3H3/q+2. The number of hydrogen-bond donors (Lipinski definition) is 0. The van der Waals surface area contributed by atoms with Gasteiger partial charge in [-0.15, -0.1) is 0 Å². The lowest BCUT2D eigenvalue weighted by atomic mass is 10.2. The molecule has 1 heterocycles. The highest BCUT2D eigenvalue weighted by Gasteiger charge is 2.07. The topological polar surface area (TPSA) is 8.81 Å². The Balaban J connectivity index is 1.71. The van der Waals surface area contributed by atoms with Crippen LogP contribution in [0.4, 0.5) is 0 Å². The van der Waals surface area contributed by atoms with Gasteiger partial charge in [0.15, 0.2) is 0 Å². The summed E-state index contributed by atoms with van der Waals surface area (Å²) >= 11 is 0. The molecule has 3 nitrogen and oxygen atoms in total. The number of imidazole rings is 1. The average molecular weight is 287 g/mol. The Labute approximate surface area is 129 Å². The fraction of sp³-hybridized carbons (Fsp3) is 0.500. The molecule has 0 spiro atoms. The van der Waals surface area contributed by atoms with Gasteiger partial charge in [0.25, 0.3) is 0 Å². The summed E-state index contributed by atoms with van der Waals surface area (Å²) < 4.78 is 5.62. The summed E-state index contributed by atoms with van der Waals surface area (Å²) in [4.78, 5) is 0. The smallest absolute Gasteiger partial charge is 0.244 e. The number of aryl methyl sites for hydroxylation is 1. The van der Waals surface area contributed by atoms with Crippen molar-refractivity contribution in [1.29, 1.82) is 0 Å². The van der Waals surface area contributed by atoms with E-state index in [9.17, 15) is 0 Å². The molecule has 0 amide bonds. The lowest BCUT2D eigenvalue weighted by Crippen LogP contribution is -2.35. The SMILES string of the molecule is C[N+](C)(C)CCCCC[n+]1ccn(Cc2ccccc2)c1. The van der Waals surface area contributed by atoms with Crippen LogP contribution in [-0.2, 0) is 13.1 Å². The van der Waals surface area contributed by atoms with E-state index in [0.717, 1.165) is 17.6 Å². The molecule has 0 saturated carbocycles. The number of hydrogen-bond acceptors (Lipinski definition) is 0. The van der Waals surface area contributed by atoms with E-state index in [2.05, 4.69) is 79.3 Å². The molecule has 0 radical (unpaired) electrons. The van der Waals surface area contributed by atoms with Crippen LogP contribution in [0.3, 0.4) is 0 Å². The van der Waals surface area contributed by atoms with Crippen LogP contribution in [-0.4, -0.2) is 36.7 Å². The van der Waals surface area contributed by atoms with Crippen molar-refractivity contribution in [1.82, 2.24) is 4.57 Å². The molecule has 1 aromatic carbocycles. The second-order valence-corrected chi connectivity index (χ2v) is 6.88. The molecular weight excluding hydrogens is 258 g/mol. The van der Waals surface area contributed by atoms with Gasteiger partial charge < -0.3 is 4.48 Å². The monoisotopic (exact) mass is 287 g/mol. The van der Waals surface area contributed by atoms with Gasteiger partial charge in [-0.05, 0) is 24.8 Å². The summed E-state index contributed by atoms with van der Waals surface area (Å²) in [6.07, 6.45) is 10.5. The van der Waals surface area contributed by atoms with Crippen LogP contribution in [0.15, 0.2) is 49.1 Å². The summed E-state index contributed by atoms with van der Waals surface area (Å²) in [6, 6.07) is 10.6. The molecule has 0 aliphatic heterocycles. The summed E-state index contributed by atoms with van der Waals surface area (Å²) in [5, 5.41) is 0. The fourth-order valence-electron chi connectivity index (χ4n) is 2.52. The van der Waals surface area contributed by atoms with Gasteiger partial charge in [0.1, 0.15) is 18.9 Å². The van der Waals surface area contributed by atoms with Crippen LogP contribution in [0.5, 0.6) is 0 Å². The van der Waals surface area contributed by atoms with Crippen molar-refractivity contribution in [2.45, 2.75) is 32.4 Å². The second-order valence-electron chi connectivity index (χ2n) is 6.88. The van der Waals surface area contributed by atoms with Gasteiger partial charge in [-0.25, -0.2) is 9.13 Å². The van der Waals surface area contributed by atoms with Crippen LogP contribution in [0.2, 0.25) is 0 Å². The molecule has 0 bridgehead atoms. The van der Waals surface area contributed by atoms with Gasteiger partial charge >= 0.3 is 0 Å². The first kappa shape index (κ1) is 15.8. The first-order chi connectivity index (χ1) is 10.0. The van der Waals surface area contributed by atoms with Crippen LogP contribution >= 0.6 is 0 Å². The molecule has 0 saturated heterocycles. The Morgan fingerprint density at radius 2 is 1.76 bits per heavy atom. The summed E-state index contributed by atoms with van der Waals surface area (Å²) in [6.45, 7) is 3.34. The Hall–Kier alpha value is -1.61. The highest BCUT2D eigenvalue weighted by atomic mass is 15.3. The van der Waals surface area contributed by atoms with Crippen LogP contribution in [0.1, 0.15) is 24.8 Å². The van der Waals surface area contributed by atoms with E-state index >= 15 is 0 Å². The molecule has 0 unspecified atom stereocenters. The fourth-order valence-corrected chi connectivity index (χ4v) is 2.52. The highest BCUT2D eigenvalue weighted by molar-refractivity contribution is 5.14. The molecular formula is C18H29N3+2. The minimum atomic E-state index is 0.954. The van der Waals surface area contributed by atoms with E-state index in [1.807, 2.05) is 0 Å².